The topological polar surface area (TPSA) is 89.8 Å². The number of rotatable bonds is 2. The number of carboxylic acid groups (broad SMARTS) is 1. The predicted molar refractivity (Wildman–Crippen MR) is 55.7 cm³/mol. The zero-order chi connectivity index (χ0) is 11.5. The largest absolute Gasteiger partial charge is 0.476 e. The summed E-state index contributed by atoms with van der Waals surface area (Å²) in [4.78, 5) is 10.6. The number of hydrogen-bond donors (Lipinski definition) is 2. The van der Waals surface area contributed by atoms with Crippen LogP contribution in [0.15, 0.2) is 30.3 Å². The molecular weight excluding hydrogens is 206 g/mol. The van der Waals surface area contributed by atoms with Crippen LogP contribution >= 0.6 is 0 Å². The number of aromatic amines is 1. The highest BCUT2D eigenvalue weighted by Crippen LogP contribution is 2.18. The quantitative estimate of drug-likeness (QED) is 0.793. The molecule has 1 heterocycles. The van der Waals surface area contributed by atoms with Crippen molar-refractivity contribution in [3.05, 3.63) is 41.6 Å². The molecule has 2 aromatic rings. The zero-order valence-electron chi connectivity index (χ0n) is 8.14. The molecule has 2 N–H and O–H groups in total. The summed E-state index contributed by atoms with van der Waals surface area (Å²) in [5.74, 6) is -1.08. The van der Waals surface area contributed by atoms with E-state index in [0.717, 1.165) is 5.56 Å². The van der Waals surface area contributed by atoms with Gasteiger partial charge in [0.05, 0.1) is 17.3 Å². The summed E-state index contributed by atoms with van der Waals surface area (Å²) in [7, 11) is 0. The van der Waals surface area contributed by atoms with Crippen molar-refractivity contribution >= 4 is 5.97 Å². The van der Waals surface area contributed by atoms with Gasteiger partial charge in [0.15, 0.2) is 5.69 Å². The van der Waals surface area contributed by atoms with Crippen molar-refractivity contribution in [2.24, 2.45) is 0 Å². The van der Waals surface area contributed by atoms with Gasteiger partial charge in [-0.1, -0.05) is 12.1 Å². The molecule has 5 nitrogen and oxygen atoms in total. The zero-order valence-corrected chi connectivity index (χ0v) is 8.14. The van der Waals surface area contributed by atoms with Crippen LogP contribution in [0.1, 0.15) is 16.1 Å². The van der Waals surface area contributed by atoms with Gasteiger partial charge >= 0.3 is 5.97 Å². The van der Waals surface area contributed by atoms with Crippen LogP contribution in [-0.4, -0.2) is 21.3 Å². The summed E-state index contributed by atoms with van der Waals surface area (Å²) in [6.07, 6.45) is 0. The Bertz CT molecular complexity index is 581. The van der Waals surface area contributed by atoms with Crippen LogP contribution in [0, 0.1) is 11.3 Å². The van der Waals surface area contributed by atoms with Crippen molar-refractivity contribution in [3.8, 4) is 17.3 Å². The SMILES string of the molecule is N#Cc1cccc(-c2cc(C(=O)O)n[nH]2)c1. The van der Waals surface area contributed by atoms with E-state index in [9.17, 15) is 4.79 Å². The maximum absolute atomic E-state index is 10.6. The third-order valence-electron chi connectivity index (χ3n) is 2.10. The van der Waals surface area contributed by atoms with Gasteiger partial charge < -0.3 is 5.11 Å². The number of aromatic nitrogens is 2. The highest BCUT2D eigenvalue weighted by Gasteiger charge is 2.09. The minimum atomic E-state index is -1.08. The second-order valence-corrected chi connectivity index (χ2v) is 3.16. The molecule has 0 radical (unpaired) electrons. The van der Waals surface area contributed by atoms with Crippen molar-refractivity contribution in [1.82, 2.24) is 10.2 Å². The number of carboxylic acids is 1. The molecule has 1 aromatic carbocycles. The van der Waals surface area contributed by atoms with Crippen LogP contribution in [0.25, 0.3) is 11.3 Å². The fraction of sp³-hybridized carbons (Fsp3) is 0. The number of nitrogens with zero attached hydrogens (tertiary/aromatic N) is 2. The van der Waals surface area contributed by atoms with Crippen LogP contribution in [0.5, 0.6) is 0 Å². The third kappa shape index (κ3) is 1.77. The summed E-state index contributed by atoms with van der Waals surface area (Å²) in [6, 6.07) is 10.3. The molecule has 0 aliphatic rings. The molecule has 16 heavy (non-hydrogen) atoms. The first-order valence-corrected chi connectivity index (χ1v) is 4.50. The Morgan fingerprint density at radius 2 is 2.25 bits per heavy atom. The van der Waals surface area contributed by atoms with E-state index < -0.39 is 5.97 Å². The Labute approximate surface area is 91.0 Å². The van der Waals surface area contributed by atoms with E-state index in [1.807, 2.05) is 6.07 Å². The minimum absolute atomic E-state index is 0.0441. The molecule has 78 valence electrons. The molecule has 0 atom stereocenters. The lowest BCUT2D eigenvalue weighted by molar-refractivity contribution is 0.0690. The second-order valence-electron chi connectivity index (χ2n) is 3.16. The standard InChI is InChI=1S/C11H7N3O2/c12-6-7-2-1-3-8(4-7)9-5-10(11(15)16)14-13-9/h1-5H,(H,13,14)(H,15,16). The van der Waals surface area contributed by atoms with E-state index in [-0.39, 0.29) is 5.69 Å². The van der Waals surface area contributed by atoms with Crippen LogP contribution in [0.4, 0.5) is 0 Å². The first-order chi connectivity index (χ1) is 7.70. The lowest BCUT2D eigenvalue weighted by Crippen LogP contribution is -1.95. The van der Waals surface area contributed by atoms with E-state index in [1.165, 1.54) is 6.07 Å². The van der Waals surface area contributed by atoms with E-state index >= 15 is 0 Å². The summed E-state index contributed by atoms with van der Waals surface area (Å²) in [5, 5.41) is 23.7. The van der Waals surface area contributed by atoms with Gasteiger partial charge in [-0.15, -0.1) is 0 Å². The van der Waals surface area contributed by atoms with Crippen LogP contribution in [-0.2, 0) is 0 Å². The van der Waals surface area contributed by atoms with E-state index in [0.29, 0.717) is 11.3 Å². The normalized spacial score (nSPS) is 9.69. The fourth-order valence-corrected chi connectivity index (χ4v) is 1.34. The molecular formula is C11H7N3O2. The third-order valence-corrected chi connectivity index (χ3v) is 2.10. The molecule has 5 heteroatoms. The van der Waals surface area contributed by atoms with Crippen molar-refractivity contribution in [1.29, 1.82) is 5.26 Å². The summed E-state index contributed by atoms with van der Waals surface area (Å²) >= 11 is 0. The fourth-order valence-electron chi connectivity index (χ4n) is 1.34. The number of nitrogens with one attached hydrogen (secondary N) is 1. The average Bonchev–Trinajstić information content (AvgIpc) is 2.78. The van der Waals surface area contributed by atoms with Crippen LogP contribution in [0.3, 0.4) is 0 Å². The summed E-state index contributed by atoms with van der Waals surface area (Å²) in [5.41, 5.74) is 1.79. The lowest BCUT2D eigenvalue weighted by Gasteiger charge is -1.96. The Morgan fingerprint density at radius 3 is 2.88 bits per heavy atom. The van der Waals surface area contributed by atoms with Gasteiger partial charge in [-0.3, -0.25) is 5.10 Å². The van der Waals surface area contributed by atoms with Crippen molar-refractivity contribution in [2.75, 3.05) is 0 Å². The monoisotopic (exact) mass is 213 g/mol. The Balaban J connectivity index is 2.43. The van der Waals surface area contributed by atoms with E-state index in [2.05, 4.69) is 10.2 Å². The molecule has 1 aromatic heterocycles. The number of benzene rings is 1. The number of H-pyrrole nitrogens is 1. The smallest absolute Gasteiger partial charge is 0.356 e. The molecule has 0 saturated heterocycles. The molecule has 0 unspecified atom stereocenters. The number of aromatic carboxylic acids is 1. The first-order valence-electron chi connectivity index (χ1n) is 4.50. The Hall–Kier alpha value is -2.61. The number of nitriles is 1. The van der Waals surface area contributed by atoms with Gasteiger partial charge in [-0.2, -0.15) is 10.4 Å². The summed E-state index contributed by atoms with van der Waals surface area (Å²) < 4.78 is 0. The molecule has 0 saturated carbocycles. The van der Waals surface area contributed by atoms with Gasteiger partial charge in [0.2, 0.25) is 0 Å². The molecule has 0 aliphatic heterocycles. The maximum atomic E-state index is 10.6. The average molecular weight is 213 g/mol. The van der Waals surface area contributed by atoms with Gasteiger partial charge in [-0.25, -0.2) is 4.79 Å². The Morgan fingerprint density at radius 1 is 1.44 bits per heavy atom. The van der Waals surface area contributed by atoms with E-state index in [1.54, 1.807) is 24.3 Å². The van der Waals surface area contributed by atoms with Crippen LogP contribution < -0.4 is 0 Å². The second kappa shape index (κ2) is 3.87. The number of carbonyl (C=O) groups is 1. The van der Waals surface area contributed by atoms with Crippen LogP contribution in [0.2, 0.25) is 0 Å². The highest BCUT2D eigenvalue weighted by molar-refractivity contribution is 5.86. The molecule has 0 bridgehead atoms. The van der Waals surface area contributed by atoms with Gasteiger partial charge in [0, 0.05) is 5.56 Å². The summed E-state index contributed by atoms with van der Waals surface area (Å²) in [6.45, 7) is 0. The molecule has 0 spiro atoms. The van der Waals surface area contributed by atoms with E-state index in [4.69, 9.17) is 10.4 Å². The molecule has 2 rings (SSSR count). The van der Waals surface area contributed by atoms with Gasteiger partial charge in [0.1, 0.15) is 0 Å². The molecule has 0 amide bonds. The molecule has 0 aliphatic carbocycles. The van der Waals surface area contributed by atoms with Crippen molar-refractivity contribution in [3.63, 3.8) is 0 Å². The van der Waals surface area contributed by atoms with Gasteiger partial charge in [-0.05, 0) is 18.2 Å². The van der Waals surface area contributed by atoms with Crippen molar-refractivity contribution in [2.45, 2.75) is 0 Å². The lowest BCUT2D eigenvalue weighted by atomic mass is 10.1. The maximum Gasteiger partial charge on any atom is 0.356 e. The minimum Gasteiger partial charge on any atom is -0.476 e. The van der Waals surface area contributed by atoms with Gasteiger partial charge in [0.25, 0.3) is 0 Å². The highest BCUT2D eigenvalue weighted by atomic mass is 16.4. The molecule has 0 fully saturated rings. The predicted octanol–water partition coefficient (Wildman–Crippen LogP) is 1.65. The Kier molecular flexibility index (Phi) is 2.40. The number of hydrogen-bond acceptors (Lipinski definition) is 3. The first kappa shape index (κ1) is 9.93. The van der Waals surface area contributed by atoms with Crippen molar-refractivity contribution < 1.29 is 9.90 Å².